The van der Waals surface area contributed by atoms with Crippen LogP contribution in [-0.2, 0) is 63.7 Å². The minimum atomic E-state index is -2.56. The van der Waals surface area contributed by atoms with E-state index in [1.807, 2.05) is 27.7 Å². The number of nitrogens with one attached hydrogen (secondary N) is 5. The van der Waals surface area contributed by atoms with Gasteiger partial charge in [-0.3, -0.25) is 19.2 Å². The molecule has 2 saturated carbocycles. The van der Waals surface area contributed by atoms with Crippen LogP contribution in [-0.4, -0.2) is 197 Å². The Bertz CT molecular complexity index is 3440. The predicted octanol–water partition coefficient (Wildman–Crippen LogP) is 5.50. The zero-order chi connectivity index (χ0) is 72.6. The number of anilines is 1. The molecule has 4 aliphatic rings. The molecule has 0 radical (unpaired) electrons. The summed E-state index contributed by atoms with van der Waals surface area (Å²) in [7, 11) is 2.74. The monoisotopic (exact) mass is 1370 g/mol. The number of ether oxygens (including phenoxy) is 7. The van der Waals surface area contributed by atoms with Crippen molar-refractivity contribution in [2.45, 2.75) is 193 Å². The van der Waals surface area contributed by atoms with Crippen molar-refractivity contribution in [2.75, 3.05) is 45.7 Å². The fraction of sp³-hybridized carbons (Fsp3) is 0.571. The minimum Gasteiger partial charge on any atom is -0.456 e. The number of benzene rings is 3. The summed E-state index contributed by atoms with van der Waals surface area (Å²) in [5.41, 5.74) is -3.33. The van der Waals surface area contributed by atoms with Crippen molar-refractivity contribution in [2.24, 2.45) is 28.4 Å². The Kier molecular flexibility index (Phi) is 24.6. The van der Waals surface area contributed by atoms with Gasteiger partial charge < -0.3 is 90.6 Å². The van der Waals surface area contributed by atoms with Crippen molar-refractivity contribution in [1.29, 1.82) is 0 Å². The molecule has 0 unspecified atom stereocenters. The van der Waals surface area contributed by atoms with Crippen LogP contribution >= 0.6 is 0 Å². The molecule has 3 aromatic carbocycles. The van der Waals surface area contributed by atoms with E-state index in [1.165, 1.54) is 58.8 Å². The first kappa shape index (κ1) is 76.7. The van der Waals surface area contributed by atoms with Gasteiger partial charge in [0, 0.05) is 70.6 Å². The lowest BCUT2D eigenvalue weighted by atomic mass is 9.44. The smallest absolute Gasteiger partial charge is 0.410 e. The number of likely N-dealkylation sites (N-methyl/N-ethyl adjacent to an activating group) is 2. The maximum absolute atomic E-state index is 16.3. The number of nitrogens with zero attached hydrogens (tertiary/aromatic N) is 2. The number of aliphatic hydroxyl groups excluding tert-OH is 2. The highest BCUT2D eigenvalue weighted by Crippen LogP contribution is 2.64. The van der Waals surface area contributed by atoms with Crippen molar-refractivity contribution in [3.8, 4) is 0 Å². The summed E-state index contributed by atoms with van der Waals surface area (Å²) in [5, 5.41) is 52.6. The molecule has 10 N–H and O–H groups in total. The summed E-state index contributed by atoms with van der Waals surface area (Å²) in [5.74, 6) is -6.90. The lowest BCUT2D eigenvalue weighted by Gasteiger charge is -2.67. The number of carbonyl (C=O) groups excluding carboxylic acids is 10. The minimum absolute atomic E-state index is 0.000752. The van der Waals surface area contributed by atoms with Gasteiger partial charge in [0.25, 0.3) is 0 Å². The third-order valence-corrected chi connectivity index (χ3v) is 18.8. The number of ketones is 1. The Hall–Kier alpha value is -8.70. The number of fused-ring (bicyclic) bond motifs is 5. The van der Waals surface area contributed by atoms with E-state index in [4.69, 9.17) is 38.9 Å². The molecule has 1 aliphatic heterocycles. The van der Waals surface area contributed by atoms with Crippen molar-refractivity contribution in [3.63, 3.8) is 0 Å². The van der Waals surface area contributed by atoms with E-state index in [0.717, 1.165) is 11.8 Å². The average Bonchev–Trinajstić information content (AvgIpc) is 0.670. The number of aliphatic hydroxyl groups is 3. The van der Waals surface area contributed by atoms with E-state index in [0.29, 0.717) is 17.7 Å². The first-order valence-electron chi connectivity index (χ1n) is 32.8. The molecule has 1 saturated heterocycles. The third kappa shape index (κ3) is 17.2. The Labute approximate surface area is 570 Å². The van der Waals surface area contributed by atoms with Crippen LogP contribution in [0.1, 0.15) is 136 Å². The number of rotatable bonds is 25. The molecular formula is C70H96N8O20. The number of hydrogen-bond donors (Lipinski definition) is 9. The topological polar surface area (TPSA) is 389 Å². The number of hydrogen-bond acceptors (Lipinski definition) is 21. The second kappa shape index (κ2) is 31.4. The van der Waals surface area contributed by atoms with Crippen LogP contribution in [0.15, 0.2) is 96.1 Å². The van der Waals surface area contributed by atoms with E-state index in [1.54, 1.807) is 93.6 Å². The standard InChI is InChI=1S/C70H96N8O20/c1-38(2)51(73-39(3)4)59(84)75-46(26-21-31-72-62(71)87)58(83)74-45-29-27-42(28-30-45)36-92-64(89)77(13)32-33-78(14)65(90)95-54-50-40(5)47(94-61(86)53(81)52(43-22-17-15-18-23-43)76-63(88)98-66(7,8)9)35-70(91,67(50,10)11)57(96-60(85)44-24-19-16-20-25-44)55-68(12,56(54)82)48(80)34-49-69(55,37-93-49)97-41(6)79/h15-20,22-25,27-30,38-39,46-49,51-55,57,73,80-81,91H,21,26,31-37H2,1-14H3,(H,74,83)(H,75,84)(H,76,88)(H3,71,72,87)/t46-,47-,48-,49+,51-,52-,53+,54+,55-,57-,68+,69-,70+/m0/s1. The Morgan fingerprint density at radius 1 is 0.816 bits per heavy atom. The zero-order valence-corrected chi connectivity index (χ0v) is 58.1. The van der Waals surface area contributed by atoms with Crippen molar-refractivity contribution in [3.05, 3.63) is 113 Å². The van der Waals surface area contributed by atoms with Crippen molar-refractivity contribution >= 4 is 65.5 Å². The van der Waals surface area contributed by atoms with E-state index < -0.39 is 155 Å². The second-order valence-corrected chi connectivity index (χ2v) is 28.1. The number of nitrogens with two attached hydrogens (primary N) is 1. The molecule has 28 nitrogen and oxygen atoms in total. The zero-order valence-electron chi connectivity index (χ0n) is 58.1. The SMILES string of the molecule is CC(=O)O[C@@]12CO[C@@H]1C[C@H](O)[C@@]1(C)C(=O)[C@H](OC(=O)N(C)CCN(C)C(=O)OCc3ccc(NC(=O)[C@H](CCCNC(N)=O)NC(=O)[C@@H](NC(C)C)C(C)C)cc3)C3=C(C)[C@@H](OC(=O)[C@H](O)[C@@H](NC(=O)OC(C)(C)C)c4ccccc4)C[C@@](O)([C@@H](OC(=O)c4ccccc4)[C@H]21)C3(C)C. The van der Waals surface area contributed by atoms with Gasteiger partial charge in [0.15, 0.2) is 23.6 Å². The number of primary amides is 1. The van der Waals surface area contributed by atoms with Crippen LogP contribution in [0.3, 0.4) is 0 Å². The van der Waals surface area contributed by atoms with Crippen molar-refractivity contribution in [1.82, 2.24) is 31.1 Å². The van der Waals surface area contributed by atoms with Crippen LogP contribution in [0.25, 0.3) is 0 Å². The van der Waals surface area contributed by atoms with Gasteiger partial charge >= 0.3 is 42.2 Å². The van der Waals surface area contributed by atoms with E-state index in [9.17, 15) is 58.5 Å². The molecule has 2 bridgehead atoms. The molecule has 7 amide bonds. The molecule has 13 atom stereocenters. The van der Waals surface area contributed by atoms with Crippen LogP contribution in [0.2, 0.25) is 0 Å². The molecule has 3 aromatic rings. The predicted molar refractivity (Wildman–Crippen MR) is 354 cm³/mol. The Balaban J connectivity index is 1.16. The molecule has 536 valence electrons. The Morgan fingerprint density at radius 3 is 1.99 bits per heavy atom. The number of alkyl carbamates (subject to hydrolysis) is 1. The molecule has 3 fully saturated rings. The highest BCUT2D eigenvalue weighted by Gasteiger charge is 2.78. The molecule has 0 spiro atoms. The van der Waals surface area contributed by atoms with Crippen LogP contribution < -0.4 is 32.3 Å². The van der Waals surface area contributed by atoms with Gasteiger partial charge in [0.05, 0.1) is 41.7 Å². The first-order chi connectivity index (χ1) is 45.9. The summed E-state index contributed by atoms with van der Waals surface area (Å²) in [6.45, 7) is 18.5. The molecule has 0 aromatic heterocycles. The van der Waals surface area contributed by atoms with Crippen LogP contribution in [0.4, 0.5) is 24.9 Å². The fourth-order valence-corrected chi connectivity index (χ4v) is 13.5. The van der Waals surface area contributed by atoms with Gasteiger partial charge in [-0.25, -0.2) is 28.8 Å². The van der Waals surface area contributed by atoms with Gasteiger partial charge in [-0.15, -0.1) is 0 Å². The third-order valence-electron chi connectivity index (χ3n) is 18.8. The molecule has 7 rings (SSSR count). The van der Waals surface area contributed by atoms with Crippen LogP contribution in [0, 0.1) is 22.7 Å². The summed E-state index contributed by atoms with van der Waals surface area (Å²) >= 11 is 0. The second-order valence-electron chi connectivity index (χ2n) is 28.1. The highest BCUT2D eigenvalue weighted by molar-refractivity contribution is 5.98. The van der Waals surface area contributed by atoms with E-state index in [-0.39, 0.29) is 79.2 Å². The number of Topliss-reactive ketones (excluding diaryl/α,β-unsaturated/α-hetero) is 1. The number of esters is 3. The van der Waals surface area contributed by atoms with E-state index >= 15 is 4.79 Å². The average molecular weight is 1370 g/mol. The summed E-state index contributed by atoms with van der Waals surface area (Å²) in [6.07, 6.45) is -14.2. The molecule has 1 heterocycles. The lowest BCUT2D eigenvalue weighted by Crippen LogP contribution is -2.82. The molecule has 98 heavy (non-hydrogen) atoms. The first-order valence-corrected chi connectivity index (χ1v) is 32.8. The highest BCUT2D eigenvalue weighted by atomic mass is 16.6. The lowest BCUT2D eigenvalue weighted by molar-refractivity contribution is -0.345. The van der Waals surface area contributed by atoms with Crippen molar-refractivity contribution < 1.29 is 96.4 Å². The fourth-order valence-electron chi connectivity index (χ4n) is 13.5. The molecule has 3 aliphatic carbocycles. The maximum atomic E-state index is 16.3. The van der Waals surface area contributed by atoms with Gasteiger partial charge in [0.2, 0.25) is 11.8 Å². The van der Waals surface area contributed by atoms with Gasteiger partial charge in [-0.1, -0.05) is 102 Å². The van der Waals surface area contributed by atoms with E-state index in [2.05, 4.69) is 26.6 Å². The Morgan fingerprint density at radius 2 is 1.43 bits per heavy atom. The summed E-state index contributed by atoms with van der Waals surface area (Å²) in [6, 6.07) is 18.3. The maximum Gasteiger partial charge on any atom is 0.410 e. The quantitative estimate of drug-likeness (QED) is 0.0219. The van der Waals surface area contributed by atoms with Crippen LogP contribution in [0.5, 0.6) is 0 Å². The van der Waals surface area contributed by atoms with Gasteiger partial charge in [-0.2, -0.15) is 0 Å². The summed E-state index contributed by atoms with van der Waals surface area (Å²) < 4.78 is 42.3. The van der Waals surface area contributed by atoms with Gasteiger partial charge in [-0.05, 0) is 99.9 Å². The number of carbonyl (C=O) groups is 10. The molecule has 28 heteroatoms. The summed E-state index contributed by atoms with van der Waals surface area (Å²) in [4.78, 5) is 141. The molecular weight excluding hydrogens is 1270 g/mol. The normalized spacial score (nSPS) is 25.1. The number of amides is 7. The largest absolute Gasteiger partial charge is 0.456 e. The number of urea groups is 1. The van der Waals surface area contributed by atoms with Gasteiger partial charge in [0.1, 0.15) is 42.2 Å².